The lowest BCUT2D eigenvalue weighted by atomic mass is 10.00. The Morgan fingerprint density at radius 3 is 2.24 bits per heavy atom. The third-order valence-corrected chi connectivity index (χ3v) is 5.80. The summed E-state index contributed by atoms with van der Waals surface area (Å²) in [7, 11) is 0. The number of hydrogen-bond acceptors (Lipinski definition) is 8. The smallest absolute Gasteiger partial charge is 0.338 e. The summed E-state index contributed by atoms with van der Waals surface area (Å²) in [5, 5.41) is 3.93. The molecule has 0 aromatic carbocycles. The fourth-order valence-corrected chi connectivity index (χ4v) is 3.97. The van der Waals surface area contributed by atoms with E-state index in [4.69, 9.17) is 0 Å². The fourth-order valence-electron chi connectivity index (χ4n) is 3.97. The Kier molecular flexibility index (Phi) is 5.57. The highest BCUT2D eigenvalue weighted by atomic mass is 19.4. The van der Waals surface area contributed by atoms with Crippen molar-refractivity contribution in [3.05, 3.63) is 48.6 Å². The summed E-state index contributed by atoms with van der Waals surface area (Å²) < 4.78 is 54.9. The van der Waals surface area contributed by atoms with Crippen LogP contribution in [0.4, 0.5) is 23.5 Å². The maximum Gasteiger partial charge on any atom is 0.419 e. The van der Waals surface area contributed by atoms with Gasteiger partial charge in [-0.15, -0.1) is 0 Å². The molecular weight excluding hydrogens is 458 g/mol. The first-order valence-corrected chi connectivity index (χ1v) is 10.6. The van der Waals surface area contributed by atoms with Gasteiger partial charge in [0.05, 0.1) is 23.7 Å². The van der Waals surface area contributed by atoms with Crippen molar-refractivity contribution in [3.8, 4) is 5.95 Å². The number of aromatic nitrogens is 7. The molecule has 3 aromatic rings. The molecule has 1 saturated carbocycles. The number of rotatable bonds is 5. The lowest BCUT2D eigenvalue weighted by molar-refractivity contribution is -0.138. The molecule has 2 aliphatic rings. The summed E-state index contributed by atoms with van der Waals surface area (Å²) in [5.41, 5.74) is -0.734. The van der Waals surface area contributed by atoms with Gasteiger partial charge in [0.15, 0.2) is 0 Å². The number of carbonyl (C=O) groups is 1. The van der Waals surface area contributed by atoms with Crippen LogP contribution in [0.15, 0.2) is 37.4 Å². The molecule has 0 bridgehead atoms. The monoisotopic (exact) mass is 477 g/mol. The third kappa shape index (κ3) is 4.39. The maximum absolute atomic E-state index is 15.3. The van der Waals surface area contributed by atoms with Crippen molar-refractivity contribution in [2.24, 2.45) is 0 Å². The van der Waals surface area contributed by atoms with E-state index in [1.165, 1.54) is 34.6 Å². The van der Waals surface area contributed by atoms with Crippen molar-refractivity contribution in [1.82, 2.24) is 39.6 Å². The van der Waals surface area contributed by atoms with Gasteiger partial charge in [-0.1, -0.05) is 0 Å². The average molecular weight is 477 g/mol. The molecule has 178 valence electrons. The molecule has 0 N–H and O–H groups in total. The van der Waals surface area contributed by atoms with E-state index < -0.39 is 24.0 Å². The number of piperidine rings is 1. The highest BCUT2D eigenvalue weighted by Crippen LogP contribution is 2.35. The van der Waals surface area contributed by atoms with Crippen molar-refractivity contribution in [3.63, 3.8) is 0 Å². The van der Waals surface area contributed by atoms with Gasteiger partial charge in [-0.3, -0.25) is 4.79 Å². The molecule has 3 aromatic heterocycles. The molecule has 10 nitrogen and oxygen atoms in total. The van der Waals surface area contributed by atoms with Gasteiger partial charge in [0.2, 0.25) is 5.95 Å². The SMILES string of the molecule is O=C(c1cnc(-n2cncn2)nc1)N(C1CC1)[C@@H]1CCN(c2ncc(C(F)(F)F)cn2)C[C@@H]1F. The van der Waals surface area contributed by atoms with Crippen LogP contribution in [0, 0.1) is 0 Å². The van der Waals surface area contributed by atoms with E-state index >= 15 is 4.39 Å². The topological polar surface area (TPSA) is 106 Å². The normalized spacial score (nSPS) is 20.9. The molecule has 1 aliphatic heterocycles. The van der Waals surface area contributed by atoms with E-state index in [0.29, 0.717) is 18.9 Å². The lowest BCUT2D eigenvalue weighted by Crippen LogP contribution is -2.55. The molecule has 4 heterocycles. The van der Waals surface area contributed by atoms with Crippen LogP contribution in [0.25, 0.3) is 5.95 Å². The van der Waals surface area contributed by atoms with Crippen LogP contribution in [0.2, 0.25) is 0 Å². The van der Waals surface area contributed by atoms with Gasteiger partial charge in [0, 0.05) is 37.4 Å². The summed E-state index contributed by atoms with van der Waals surface area (Å²) in [5.74, 6) is -0.0877. The molecule has 1 saturated heterocycles. The standard InChI is InChI=1S/C20H19F4N9O/c21-15-9-31(18-28-7-13(8-29-18)20(22,23)24)4-3-16(15)33(14-1-2-14)17(34)12-5-26-19(27-6-12)32-11-25-10-30-32/h5-8,10-11,14-16H,1-4,9H2/t15-,16+/m0/s1. The highest BCUT2D eigenvalue weighted by molar-refractivity contribution is 5.94. The number of alkyl halides is 4. The minimum atomic E-state index is -4.55. The van der Waals surface area contributed by atoms with Crippen LogP contribution in [0.3, 0.4) is 0 Å². The molecule has 0 spiro atoms. The van der Waals surface area contributed by atoms with Crippen LogP contribution in [0.5, 0.6) is 0 Å². The van der Waals surface area contributed by atoms with Crippen LogP contribution >= 0.6 is 0 Å². The number of nitrogens with zero attached hydrogens (tertiary/aromatic N) is 9. The largest absolute Gasteiger partial charge is 0.419 e. The Balaban J connectivity index is 1.29. The lowest BCUT2D eigenvalue weighted by Gasteiger charge is -2.41. The van der Waals surface area contributed by atoms with Crippen molar-refractivity contribution >= 4 is 11.9 Å². The Hall–Kier alpha value is -3.71. The van der Waals surface area contributed by atoms with Gasteiger partial charge in [0.25, 0.3) is 11.9 Å². The van der Waals surface area contributed by atoms with Crippen LogP contribution in [-0.4, -0.2) is 76.9 Å². The number of carbonyl (C=O) groups excluding carboxylic acids is 1. The average Bonchev–Trinajstić information content (AvgIpc) is 3.51. The maximum atomic E-state index is 15.3. The molecule has 0 unspecified atom stereocenters. The van der Waals surface area contributed by atoms with Crippen molar-refractivity contribution < 1.29 is 22.4 Å². The Bertz CT molecular complexity index is 1130. The molecule has 14 heteroatoms. The summed E-state index contributed by atoms with van der Waals surface area (Å²) in [6.45, 7) is 0.170. The minimum absolute atomic E-state index is 0.0236. The number of hydrogen-bond donors (Lipinski definition) is 0. The van der Waals surface area contributed by atoms with Crippen molar-refractivity contribution in [1.29, 1.82) is 0 Å². The van der Waals surface area contributed by atoms with E-state index in [1.54, 1.807) is 4.90 Å². The first-order valence-electron chi connectivity index (χ1n) is 10.6. The fraction of sp³-hybridized carbons (Fsp3) is 0.450. The Morgan fingerprint density at radius 1 is 1.00 bits per heavy atom. The minimum Gasteiger partial charge on any atom is -0.338 e. The first kappa shape index (κ1) is 22.1. The quantitative estimate of drug-likeness (QED) is 0.515. The van der Waals surface area contributed by atoms with E-state index in [-0.39, 0.29) is 42.4 Å². The van der Waals surface area contributed by atoms with Gasteiger partial charge < -0.3 is 9.80 Å². The molecule has 2 atom stereocenters. The number of amides is 1. The summed E-state index contributed by atoms with van der Waals surface area (Å²) in [6, 6.07) is -0.750. The van der Waals surface area contributed by atoms with E-state index in [0.717, 1.165) is 12.8 Å². The van der Waals surface area contributed by atoms with E-state index in [9.17, 15) is 18.0 Å². The Labute approximate surface area is 190 Å². The Morgan fingerprint density at radius 2 is 1.68 bits per heavy atom. The molecule has 5 rings (SSSR count). The summed E-state index contributed by atoms with van der Waals surface area (Å²) in [6.07, 6.45) is 2.74. The summed E-state index contributed by atoms with van der Waals surface area (Å²) in [4.78, 5) is 35.9. The molecule has 1 amide bonds. The molecular formula is C20H19F4N9O. The second kappa shape index (κ2) is 8.57. The van der Waals surface area contributed by atoms with E-state index in [1.807, 2.05) is 0 Å². The van der Waals surface area contributed by atoms with E-state index in [2.05, 4.69) is 30.0 Å². The number of anilines is 1. The van der Waals surface area contributed by atoms with Crippen LogP contribution in [0.1, 0.15) is 35.2 Å². The van der Waals surface area contributed by atoms with Crippen molar-refractivity contribution in [2.45, 2.75) is 43.7 Å². The highest BCUT2D eigenvalue weighted by Gasteiger charge is 2.44. The zero-order valence-corrected chi connectivity index (χ0v) is 17.7. The first-order chi connectivity index (χ1) is 16.3. The van der Waals surface area contributed by atoms with Gasteiger partial charge in [-0.05, 0) is 19.3 Å². The number of halogens is 4. The second-order valence-electron chi connectivity index (χ2n) is 8.14. The predicted molar refractivity (Wildman–Crippen MR) is 109 cm³/mol. The van der Waals surface area contributed by atoms with Crippen LogP contribution < -0.4 is 4.90 Å². The molecule has 2 fully saturated rings. The molecule has 0 radical (unpaired) electrons. The van der Waals surface area contributed by atoms with Crippen LogP contribution in [-0.2, 0) is 6.18 Å². The van der Waals surface area contributed by atoms with Gasteiger partial charge >= 0.3 is 6.18 Å². The second-order valence-corrected chi connectivity index (χ2v) is 8.14. The van der Waals surface area contributed by atoms with Gasteiger partial charge in [-0.2, -0.15) is 23.0 Å². The third-order valence-electron chi connectivity index (χ3n) is 5.80. The zero-order valence-electron chi connectivity index (χ0n) is 17.7. The van der Waals surface area contributed by atoms with Gasteiger partial charge in [-0.25, -0.2) is 29.3 Å². The molecule has 1 aliphatic carbocycles. The zero-order chi connectivity index (χ0) is 23.9. The van der Waals surface area contributed by atoms with Crippen molar-refractivity contribution in [2.75, 3.05) is 18.0 Å². The molecule has 34 heavy (non-hydrogen) atoms. The predicted octanol–water partition coefficient (Wildman–Crippen LogP) is 2.09. The van der Waals surface area contributed by atoms with Gasteiger partial charge in [0.1, 0.15) is 18.8 Å². The summed E-state index contributed by atoms with van der Waals surface area (Å²) >= 11 is 0.